The summed E-state index contributed by atoms with van der Waals surface area (Å²) >= 11 is 0. The molecule has 7 heteroatoms. The van der Waals surface area contributed by atoms with Crippen LogP contribution in [0.2, 0.25) is 0 Å². The van der Waals surface area contributed by atoms with Gasteiger partial charge in [0.2, 0.25) is 5.88 Å². The van der Waals surface area contributed by atoms with E-state index in [0.717, 1.165) is 43.9 Å². The minimum Gasteiger partial charge on any atom is -0.490 e. The number of guanidine groups is 1. The Hall–Kier alpha value is -2.80. The largest absolute Gasteiger partial charge is 0.490 e. The third-order valence-corrected chi connectivity index (χ3v) is 4.72. The fraction of sp³-hybridized carbons (Fsp3) is 0.500. The van der Waals surface area contributed by atoms with Gasteiger partial charge in [0.05, 0.1) is 13.2 Å². The van der Waals surface area contributed by atoms with E-state index in [4.69, 9.17) is 9.47 Å². The van der Waals surface area contributed by atoms with Crippen molar-refractivity contribution in [1.82, 2.24) is 15.6 Å². The van der Waals surface area contributed by atoms with Gasteiger partial charge in [-0.1, -0.05) is 31.5 Å². The van der Waals surface area contributed by atoms with Gasteiger partial charge in [-0.2, -0.15) is 0 Å². The number of aromatic nitrogens is 1. The van der Waals surface area contributed by atoms with Crippen molar-refractivity contribution in [1.29, 1.82) is 0 Å². The Morgan fingerprint density at radius 2 is 1.87 bits per heavy atom. The van der Waals surface area contributed by atoms with E-state index in [0.29, 0.717) is 36.4 Å². The van der Waals surface area contributed by atoms with Gasteiger partial charge >= 0.3 is 0 Å². The Labute approximate surface area is 185 Å². The lowest BCUT2D eigenvalue weighted by Gasteiger charge is -2.18. The average Bonchev–Trinajstić information content (AvgIpc) is 2.78. The van der Waals surface area contributed by atoms with E-state index in [1.54, 1.807) is 6.20 Å². The highest BCUT2D eigenvalue weighted by Gasteiger charge is 2.09. The van der Waals surface area contributed by atoms with Crippen LogP contribution in [-0.4, -0.2) is 42.4 Å². The smallest absolute Gasteiger partial charge is 0.219 e. The van der Waals surface area contributed by atoms with E-state index in [-0.39, 0.29) is 6.61 Å². The van der Waals surface area contributed by atoms with Crippen molar-refractivity contribution in [2.24, 2.45) is 10.9 Å². The van der Waals surface area contributed by atoms with Crippen LogP contribution in [0, 0.1) is 5.92 Å². The van der Waals surface area contributed by atoms with Crippen LogP contribution in [0.4, 0.5) is 0 Å². The van der Waals surface area contributed by atoms with Crippen LogP contribution in [-0.2, 0) is 6.54 Å². The maximum atomic E-state index is 9.24. The standard InChI is InChI=1S/C24H36N4O3/c1-4-9-19(14-15-29)16-27-24(25-5-2)28-18-20-12-13-23(26-17-20)31-22-11-8-7-10-21(22)30-6-3/h7-8,10-13,17,19,29H,4-6,9,14-16,18H2,1-3H3,(H2,25,27,28). The zero-order valence-corrected chi connectivity index (χ0v) is 18.9. The molecule has 170 valence electrons. The predicted octanol–water partition coefficient (Wildman–Crippen LogP) is 4.13. The summed E-state index contributed by atoms with van der Waals surface area (Å²) in [6.45, 7) is 9.04. The molecule has 31 heavy (non-hydrogen) atoms. The maximum Gasteiger partial charge on any atom is 0.219 e. The fourth-order valence-electron chi connectivity index (χ4n) is 3.18. The number of para-hydroxylation sites is 2. The van der Waals surface area contributed by atoms with E-state index in [1.807, 2.05) is 50.2 Å². The molecule has 1 heterocycles. The van der Waals surface area contributed by atoms with Gasteiger partial charge in [-0.25, -0.2) is 9.98 Å². The van der Waals surface area contributed by atoms with Crippen molar-refractivity contribution in [3.63, 3.8) is 0 Å². The molecule has 2 rings (SSSR count). The molecule has 0 amide bonds. The summed E-state index contributed by atoms with van der Waals surface area (Å²) in [5, 5.41) is 15.9. The van der Waals surface area contributed by atoms with E-state index in [1.165, 1.54) is 0 Å². The first kappa shape index (κ1) is 24.5. The topological polar surface area (TPSA) is 88.0 Å². The quantitative estimate of drug-likeness (QED) is 0.328. The maximum absolute atomic E-state index is 9.24. The van der Waals surface area contributed by atoms with E-state index in [2.05, 4.69) is 27.5 Å². The van der Waals surface area contributed by atoms with Crippen LogP contribution >= 0.6 is 0 Å². The monoisotopic (exact) mass is 428 g/mol. The molecule has 0 saturated heterocycles. The Bertz CT molecular complexity index is 775. The van der Waals surface area contributed by atoms with Crippen molar-refractivity contribution >= 4 is 5.96 Å². The van der Waals surface area contributed by atoms with Crippen molar-refractivity contribution in [3.05, 3.63) is 48.2 Å². The van der Waals surface area contributed by atoms with Gasteiger partial charge < -0.3 is 25.2 Å². The second-order valence-electron chi connectivity index (χ2n) is 7.23. The van der Waals surface area contributed by atoms with Crippen molar-refractivity contribution in [3.8, 4) is 17.4 Å². The van der Waals surface area contributed by atoms with Crippen LogP contribution in [0.25, 0.3) is 0 Å². The van der Waals surface area contributed by atoms with E-state index < -0.39 is 0 Å². The first-order valence-corrected chi connectivity index (χ1v) is 11.2. The molecular formula is C24H36N4O3. The summed E-state index contributed by atoms with van der Waals surface area (Å²) < 4.78 is 11.5. The Kier molecular flexibility index (Phi) is 11.2. The van der Waals surface area contributed by atoms with E-state index in [9.17, 15) is 5.11 Å². The molecule has 1 unspecified atom stereocenters. The predicted molar refractivity (Wildman–Crippen MR) is 125 cm³/mol. The number of aliphatic hydroxyl groups is 1. The molecule has 2 aromatic rings. The van der Waals surface area contributed by atoms with Gasteiger partial charge in [0.1, 0.15) is 0 Å². The van der Waals surface area contributed by atoms with Gasteiger partial charge in [0.25, 0.3) is 0 Å². The number of ether oxygens (including phenoxy) is 2. The van der Waals surface area contributed by atoms with Crippen LogP contribution in [0.5, 0.6) is 17.4 Å². The fourth-order valence-corrected chi connectivity index (χ4v) is 3.18. The summed E-state index contributed by atoms with van der Waals surface area (Å²) in [6, 6.07) is 11.4. The van der Waals surface area contributed by atoms with Gasteiger partial charge in [-0.15, -0.1) is 0 Å². The third-order valence-electron chi connectivity index (χ3n) is 4.72. The summed E-state index contributed by atoms with van der Waals surface area (Å²) in [5.41, 5.74) is 0.989. The normalized spacial score (nSPS) is 12.3. The molecule has 0 aliphatic rings. The summed E-state index contributed by atoms with van der Waals surface area (Å²) in [5.74, 6) is 3.07. The molecule has 0 saturated carbocycles. The number of nitrogens with zero attached hydrogens (tertiary/aromatic N) is 2. The molecule has 0 bridgehead atoms. The third kappa shape index (κ3) is 8.84. The van der Waals surface area contributed by atoms with Crippen molar-refractivity contribution in [2.45, 2.75) is 46.6 Å². The van der Waals surface area contributed by atoms with Gasteiger partial charge in [-0.05, 0) is 50.3 Å². The molecule has 0 aliphatic heterocycles. The minimum absolute atomic E-state index is 0.217. The Balaban J connectivity index is 1.96. The molecule has 1 aromatic carbocycles. The van der Waals surface area contributed by atoms with Gasteiger partial charge in [0, 0.05) is 32.0 Å². The summed E-state index contributed by atoms with van der Waals surface area (Å²) in [6.07, 6.45) is 4.77. The first-order valence-electron chi connectivity index (χ1n) is 11.2. The second-order valence-corrected chi connectivity index (χ2v) is 7.23. The SMILES string of the molecule is CCCC(CCO)CNC(=NCc1ccc(Oc2ccccc2OCC)nc1)NCC. The first-order chi connectivity index (χ1) is 15.2. The summed E-state index contributed by atoms with van der Waals surface area (Å²) in [4.78, 5) is 9.07. The minimum atomic E-state index is 0.217. The Morgan fingerprint density at radius 1 is 1.06 bits per heavy atom. The van der Waals surface area contributed by atoms with Gasteiger partial charge in [0.15, 0.2) is 17.5 Å². The molecule has 7 nitrogen and oxygen atoms in total. The molecule has 1 aromatic heterocycles. The highest BCUT2D eigenvalue weighted by Crippen LogP contribution is 2.30. The lowest BCUT2D eigenvalue weighted by Crippen LogP contribution is -2.40. The number of aliphatic imine (C=N–C) groups is 1. The van der Waals surface area contributed by atoms with Crippen molar-refractivity contribution in [2.75, 3.05) is 26.3 Å². The molecule has 0 spiro atoms. The number of aliphatic hydroxyl groups excluding tert-OH is 1. The number of nitrogens with one attached hydrogen (secondary N) is 2. The lowest BCUT2D eigenvalue weighted by atomic mass is 10.0. The highest BCUT2D eigenvalue weighted by atomic mass is 16.5. The number of pyridine rings is 1. The average molecular weight is 429 g/mol. The zero-order chi connectivity index (χ0) is 22.3. The number of hydrogen-bond acceptors (Lipinski definition) is 5. The van der Waals surface area contributed by atoms with Crippen LogP contribution in [0.1, 0.15) is 45.6 Å². The van der Waals surface area contributed by atoms with E-state index >= 15 is 0 Å². The number of hydrogen-bond donors (Lipinski definition) is 3. The molecule has 1 atom stereocenters. The lowest BCUT2D eigenvalue weighted by molar-refractivity contribution is 0.251. The molecule has 3 N–H and O–H groups in total. The highest BCUT2D eigenvalue weighted by molar-refractivity contribution is 5.79. The summed E-state index contributed by atoms with van der Waals surface area (Å²) in [7, 11) is 0. The number of benzene rings is 1. The molecule has 0 aliphatic carbocycles. The second kappa shape index (κ2) is 14.2. The number of rotatable bonds is 13. The van der Waals surface area contributed by atoms with Gasteiger partial charge in [-0.3, -0.25) is 0 Å². The Morgan fingerprint density at radius 3 is 2.52 bits per heavy atom. The molecule has 0 radical (unpaired) electrons. The van der Waals surface area contributed by atoms with Crippen LogP contribution in [0.3, 0.4) is 0 Å². The van der Waals surface area contributed by atoms with Crippen molar-refractivity contribution < 1.29 is 14.6 Å². The molecular weight excluding hydrogens is 392 g/mol. The molecule has 0 fully saturated rings. The zero-order valence-electron chi connectivity index (χ0n) is 18.9. The van der Waals surface area contributed by atoms with Crippen LogP contribution in [0.15, 0.2) is 47.6 Å². The van der Waals surface area contributed by atoms with Crippen LogP contribution < -0.4 is 20.1 Å².